The molecule has 4 heteroatoms. The summed E-state index contributed by atoms with van der Waals surface area (Å²) in [5.74, 6) is -0.226. The highest BCUT2D eigenvalue weighted by atomic mass is 35.5. The fraction of sp³-hybridized carbons (Fsp3) is 0.235. The van der Waals surface area contributed by atoms with Crippen molar-refractivity contribution in [1.82, 2.24) is 5.32 Å². The van der Waals surface area contributed by atoms with Gasteiger partial charge in [-0.25, -0.2) is 0 Å². The molecule has 1 atom stereocenters. The average molecular weight is 304 g/mol. The minimum Gasteiger partial charge on any atom is -0.394 e. The summed E-state index contributed by atoms with van der Waals surface area (Å²) in [6.07, 6.45) is 0.586. The molecule has 2 rings (SSSR count). The smallest absolute Gasteiger partial charge is 0.251 e. The molecule has 110 valence electrons. The van der Waals surface area contributed by atoms with Gasteiger partial charge in [0, 0.05) is 10.6 Å². The minimum absolute atomic E-state index is 0.111. The van der Waals surface area contributed by atoms with Crippen LogP contribution in [0.1, 0.15) is 21.5 Å². The molecule has 0 unspecified atom stereocenters. The molecule has 0 aromatic heterocycles. The first kappa shape index (κ1) is 15.5. The summed E-state index contributed by atoms with van der Waals surface area (Å²) in [4.78, 5) is 12.2. The molecule has 0 radical (unpaired) electrons. The molecule has 3 nitrogen and oxygen atoms in total. The maximum absolute atomic E-state index is 12.2. The van der Waals surface area contributed by atoms with E-state index in [0.717, 1.165) is 11.1 Å². The van der Waals surface area contributed by atoms with Crippen LogP contribution in [0.4, 0.5) is 0 Å². The summed E-state index contributed by atoms with van der Waals surface area (Å²) in [6.45, 7) is 1.77. The Morgan fingerprint density at radius 2 is 1.95 bits per heavy atom. The van der Waals surface area contributed by atoms with Crippen molar-refractivity contribution in [3.05, 3.63) is 70.2 Å². The van der Waals surface area contributed by atoms with Crippen molar-refractivity contribution in [3.63, 3.8) is 0 Å². The molecule has 0 saturated heterocycles. The minimum atomic E-state index is -0.320. The van der Waals surface area contributed by atoms with E-state index in [1.165, 1.54) is 0 Å². The van der Waals surface area contributed by atoms with E-state index >= 15 is 0 Å². The topological polar surface area (TPSA) is 49.3 Å². The molecule has 0 spiro atoms. The quantitative estimate of drug-likeness (QED) is 0.892. The zero-order chi connectivity index (χ0) is 15.2. The molecule has 1 amide bonds. The van der Waals surface area contributed by atoms with Gasteiger partial charge in [-0.3, -0.25) is 4.79 Å². The number of aliphatic hydroxyl groups excluding tert-OH is 1. The molecule has 0 saturated carbocycles. The van der Waals surface area contributed by atoms with Gasteiger partial charge in [0.05, 0.1) is 12.6 Å². The van der Waals surface area contributed by atoms with Gasteiger partial charge in [-0.15, -0.1) is 0 Å². The predicted octanol–water partition coefficient (Wildman–Crippen LogP) is 2.98. The molecular weight excluding hydrogens is 286 g/mol. The maximum Gasteiger partial charge on any atom is 0.251 e. The van der Waals surface area contributed by atoms with Crippen molar-refractivity contribution >= 4 is 17.5 Å². The molecule has 0 fully saturated rings. The van der Waals surface area contributed by atoms with Crippen LogP contribution in [0.5, 0.6) is 0 Å². The summed E-state index contributed by atoms with van der Waals surface area (Å²) < 4.78 is 0. The number of aliphatic hydroxyl groups is 1. The summed E-state index contributed by atoms with van der Waals surface area (Å²) >= 11 is 5.97. The zero-order valence-corrected chi connectivity index (χ0v) is 12.6. The number of halogens is 1. The second-order valence-corrected chi connectivity index (χ2v) is 5.50. The number of amides is 1. The normalized spacial score (nSPS) is 12.0. The Morgan fingerprint density at radius 3 is 2.57 bits per heavy atom. The summed E-state index contributed by atoms with van der Waals surface area (Å²) in [7, 11) is 0. The van der Waals surface area contributed by atoms with Crippen molar-refractivity contribution < 1.29 is 9.90 Å². The number of hydrogen-bond donors (Lipinski definition) is 2. The van der Waals surface area contributed by atoms with Crippen LogP contribution in [0.3, 0.4) is 0 Å². The fourth-order valence-corrected chi connectivity index (χ4v) is 2.49. The first-order valence-corrected chi connectivity index (χ1v) is 7.19. The Kier molecular flexibility index (Phi) is 5.37. The average Bonchev–Trinajstić information content (AvgIpc) is 2.46. The lowest BCUT2D eigenvalue weighted by atomic mass is 10.1. The van der Waals surface area contributed by atoms with Gasteiger partial charge < -0.3 is 10.4 Å². The van der Waals surface area contributed by atoms with E-state index in [1.54, 1.807) is 18.2 Å². The Bertz CT molecular complexity index is 593. The second-order valence-electron chi connectivity index (χ2n) is 5.06. The Labute approximate surface area is 129 Å². The highest BCUT2D eigenvalue weighted by molar-refractivity contribution is 6.31. The van der Waals surface area contributed by atoms with Gasteiger partial charge >= 0.3 is 0 Å². The largest absolute Gasteiger partial charge is 0.394 e. The van der Waals surface area contributed by atoms with E-state index < -0.39 is 0 Å². The van der Waals surface area contributed by atoms with Crippen LogP contribution in [0, 0.1) is 6.92 Å². The number of nitrogens with one attached hydrogen (secondary N) is 1. The van der Waals surface area contributed by atoms with Crippen molar-refractivity contribution in [2.24, 2.45) is 0 Å². The monoisotopic (exact) mass is 303 g/mol. The molecule has 21 heavy (non-hydrogen) atoms. The molecule has 2 aromatic rings. The van der Waals surface area contributed by atoms with Gasteiger partial charge in [0.2, 0.25) is 0 Å². The molecule has 2 N–H and O–H groups in total. The van der Waals surface area contributed by atoms with Gasteiger partial charge in [-0.05, 0) is 42.7 Å². The van der Waals surface area contributed by atoms with E-state index in [9.17, 15) is 9.90 Å². The zero-order valence-electron chi connectivity index (χ0n) is 11.8. The molecule has 0 heterocycles. The van der Waals surface area contributed by atoms with Crippen molar-refractivity contribution in [3.8, 4) is 0 Å². The van der Waals surface area contributed by atoms with Crippen LogP contribution in [0.2, 0.25) is 5.02 Å². The molecule has 0 aliphatic rings. The molecule has 0 aliphatic heterocycles. The van der Waals surface area contributed by atoms with Gasteiger partial charge in [-0.1, -0.05) is 41.9 Å². The first-order chi connectivity index (χ1) is 10.1. The third kappa shape index (κ3) is 4.59. The van der Waals surface area contributed by atoms with Crippen LogP contribution in [0.25, 0.3) is 0 Å². The fourth-order valence-electron chi connectivity index (χ4n) is 2.20. The molecule has 0 bridgehead atoms. The molecular formula is C17H18ClNO2. The third-order valence-electron chi connectivity index (χ3n) is 3.18. The van der Waals surface area contributed by atoms with E-state index in [2.05, 4.69) is 5.32 Å². The van der Waals surface area contributed by atoms with Crippen LogP contribution < -0.4 is 5.32 Å². The van der Waals surface area contributed by atoms with E-state index in [-0.39, 0.29) is 18.6 Å². The van der Waals surface area contributed by atoms with Crippen LogP contribution in [-0.2, 0) is 6.42 Å². The second kappa shape index (κ2) is 7.25. The predicted molar refractivity (Wildman–Crippen MR) is 84.7 cm³/mol. The molecule has 2 aromatic carbocycles. The Morgan fingerprint density at radius 1 is 1.24 bits per heavy atom. The van der Waals surface area contributed by atoms with Crippen molar-refractivity contribution in [2.45, 2.75) is 19.4 Å². The molecule has 0 aliphatic carbocycles. The van der Waals surface area contributed by atoms with E-state index in [1.807, 2.05) is 37.3 Å². The van der Waals surface area contributed by atoms with Gasteiger partial charge in [0.25, 0.3) is 5.91 Å². The van der Waals surface area contributed by atoms with Gasteiger partial charge in [-0.2, -0.15) is 0 Å². The lowest BCUT2D eigenvalue weighted by Crippen LogP contribution is -2.39. The maximum atomic E-state index is 12.2. The number of hydrogen-bond acceptors (Lipinski definition) is 2. The van der Waals surface area contributed by atoms with Crippen molar-refractivity contribution in [2.75, 3.05) is 6.61 Å². The lowest BCUT2D eigenvalue weighted by molar-refractivity contribution is 0.0916. The van der Waals surface area contributed by atoms with E-state index in [0.29, 0.717) is 17.0 Å². The summed E-state index contributed by atoms with van der Waals surface area (Å²) in [5, 5.41) is 12.8. The van der Waals surface area contributed by atoms with Gasteiger partial charge in [0.1, 0.15) is 0 Å². The van der Waals surface area contributed by atoms with Crippen LogP contribution in [-0.4, -0.2) is 23.7 Å². The third-order valence-corrected chi connectivity index (χ3v) is 3.40. The number of carbonyl (C=O) groups is 1. The first-order valence-electron chi connectivity index (χ1n) is 6.81. The Hall–Kier alpha value is -1.84. The SMILES string of the molecule is Cc1cc(Cl)cc(C(=O)N[C@H](CO)Cc2ccccc2)c1. The number of carbonyl (C=O) groups excluding carboxylic acids is 1. The number of rotatable bonds is 5. The van der Waals surface area contributed by atoms with Gasteiger partial charge in [0.15, 0.2) is 0 Å². The van der Waals surface area contributed by atoms with Crippen LogP contribution in [0.15, 0.2) is 48.5 Å². The van der Waals surface area contributed by atoms with Crippen molar-refractivity contribution in [1.29, 1.82) is 0 Å². The summed E-state index contributed by atoms with van der Waals surface area (Å²) in [6, 6.07) is 14.6. The van der Waals surface area contributed by atoms with Crippen LogP contribution >= 0.6 is 11.6 Å². The highest BCUT2D eigenvalue weighted by Gasteiger charge is 2.14. The summed E-state index contributed by atoms with van der Waals surface area (Å²) in [5.41, 5.74) is 2.50. The lowest BCUT2D eigenvalue weighted by Gasteiger charge is -2.16. The Balaban J connectivity index is 2.05. The standard InChI is InChI=1S/C17H18ClNO2/c1-12-7-14(10-15(18)8-12)17(21)19-16(11-20)9-13-5-3-2-4-6-13/h2-8,10,16,20H,9,11H2,1H3,(H,19,21)/t16-/m0/s1. The number of benzene rings is 2. The number of aryl methyl sites for hydroxylation is 1. The van der Waals surface area contributed by atoms with E-state index in [4.69, 9.17) is 11.6 Å². The highest BCUT2D eigenvalue weighted by Crippen LogP contribution is 2.15.